The van der Waals surface area contributed by atoms with E-state index in [1.807, 2.05) is 11.0 Å². The quantitative estimate of drug-likeness (QED) is 0.689. The molecule has 2 aliphatic heterocycles. The van der Waals surface area contributed by atoms with Crippen LogP contribution >= 0.6 is 0 Å². The summed E-state index contributed by atoms with van der Waals surface area (Å²) in [5, 5.41) is 7.12. The molecule has 0 saturated carbocycles. The molecule has 2 unspecified atom stereocenters. The topological polar surface area (TPSA) is 79.3 Å². The summed E-state index contributed by atoms with van der Waals surface area (Å²) < 4.78 is 55.4. The normalized spacial score (nSPS) is 20.7. The van der Waals surface area contributed by atoms with Crippen molar-refractivity contribution in [2.45, 2.75) is 25.2 Å². The minimum atomic E-state index is -5.08. The maximum atomic E-state index is 13.8. The van der Waals surface area contributed by atoms with Crippen LogP contribution in [0.5, 0.6) is 5.75 Å². The molecule has 11 heteroatoms. The fourth-order valence-electron chi connectivity index (χ4n) is 3.52. The maximum absolute atomic E-state index is 13.8. The first-order chi connectivity index (χ1) is 14.1. The number of carbonyl (C=O) groups is 2. The van der Waals surface area contributed by atoms with E-state index in [9.17, 15) is 22.4 Å². The molecule has 1 aromatic rings. The van der Waals surface area contributed by atoms with Crippen LogP contribution in [0.25, 0.3) is 0 Å². The predicted molar refractivity (Wildman–Crippen MR) is 97.4 cm³/mol. The van der Waals surface area contributed by atoms with E-state index in [0.717, 1.165) is 25.2 Å². The van der Waals surface area contributed by atoms with Crippen LogP contribution in [0.2, 0.25) is 0 Å². The Bertz CT molecular complexity index is 759. The van der Waals surface area contributed by atoms with E-state index in [4.69, 9.17) is 19.4 Å². The van der Waals surface area contributed by atoms with Gasteiger partial charge in [0, 0.05) is 45.2 Å². The molecule has 1 aromatic carbocycles. The Morgan fingerprint density at radius 3 is 2.40 bits per heavy atom. The summed E-state index contributed by atoms with van der Waals surface area (Å²) in [4.78, 5) is 25.2. The molecular weight excluding hydrogens is 412 g/mol. The average Bonchev–Trinajstić information content (AvgIpc) is 3.01. The van der Waals surface area contributed by atoms with Gasteiger partial charge in [-0.15, -0.1) is 0 Å². The van der Waals surface area contributed by atoms with Crippen molar-refractivity contribution in [3.63, 3.8) is 0 Å². The third-order valence-electron chi connectivity index (χ3n) is 5.06. The largest absolute Gasteiger partial charge is 0.494 e. The number of likely N-dealkylation sites (tertiary alicyclic amines) is 2. The van der Waals surface area contributed by atoms with Gasteiger partial charge in [0.25, 0.3) is 0 Å². The minimum absolute atomic E-state index is 0.164. The van der Waals surface area contributed by atoms with Gasteiger partial charge in [-0.2, -0.15) is 13.2 Å². The van der Waals surface area contributed by atoms with E-state index in [-0.39, 0.29) is 17.5 Å². The highest BCUT2D eigenvalue weighted by Gasteiger charge is 2.46. The van der Waals surface area contributed by atoms with Crippen molar-refractivity contribution >= 4 is 11.9 Å². The van der Waals surface area contributed by atoms with Gasteiger partial charge in [0.05, 0.1) is 20.1 Å². The van der Waals surface area contributed by atoms with Gasteiger partial charge >= 0.3 is 12.1 Å². The number of ether oxygens (including phenoxy) is 2. The fourth-order valence-corrected chi connectivity index (χ4v) is 3.52. The Hall–Kier alpha value is -2.40. The highest BCUT2D eigenvalue weighted by Crippen LogP contribution is 2.34. The highest BCUT2D eigenvalue weighted by molar-refractivity contribution is 5.76. The Kier molecular flexibility index (Phi) is 8.02. The van der Waals surface area contributed by atoms with Crippen molar-refractivity contribution in [1.82, 2.24) is 9.80 Å². The molecule has 30 heavy (non-hydrogen) atoms. The second-order valence-electron chi connectivity index (χ2n) is 7.07. The first kappa shape index (κ1) is 23.9. The van der Waals surface area contributed by atoms with Crippen LogP contribution in [0.15, 0.2) is 18.2 Å². The molecule has 0 aliphatic carbocycles. The summed E-state index contributed by atoms with van der Waals surface area (Å²) >= 11 is 0. The lowest BCUT2D eigenvalue weighted by molar-refractivity contribution is -0.192. The molecular formula is C19H24F4N2O5. The summed E-state index contributed by atoms with van der Waals surface area (Å²) in [5.41, 5.74) is 0.936. The van der Waals surface area contributed by atoms with Crippen LogP contribution in [0.4, 0.5) is 17.6 Å². The summed E-state index contributed by atoms with van der Waals surface area (Å²) in [6.07, 6.45) is -4.64. The molecule has 2 saturated heterocycles. The zero-order chi connectivity index (χ0) is 22.5. The van der Waals surface area contributed by atoms with Crippen molar-refractivity contribution < 1.29 is 41.7 Å². The number of aliphatic carboxylic acids is 1. The third kappa shape index (κ3) is 6.05. The number of methoxy groups -OCH3 is 2. The summed E-state index contributed by atoms with van der Waals surface area (Å²) in [6.45, 7) is 3.75. The summed E-state index contributed by atoms with van der Waals surface area (Å²) in [6, 6.07) is 5.48. The molecule has 7 nitrogen and oxygen atoms in total. The van der Waals surface area contributed by atoms with E-state index < -0.39 is 12.1 Å². The average molecular weight is 436 g/mol. The number of benzene rings is 1. The lowest BCUT2D eigenvalue weighted by atomic mass is 9.91. The Labute approximate surface area is 171 Å². The molecule has 3 rings (SSSR count). The van der Waals surface area contributed by atoms with E-state index in [0.29, 0.717) is 31.5 Å². The van der Waals surface area contributed by atoms with Gasteiger partial charge in [0.15, 0.2) is 11.6 Å². The number of fused-ring (bicyclic) bond motifs is 1. The maximum Gasteiger partial charge on any atom is 0.490 e. The first-order valence-corrected chi connectivity index (χ1v) is 9.20. The molecule has 0 spiro atoms. The van der Waals surface area contributed by atoms with E-state index >= 15 is 0 Å². The van der Waals surface area contributed by atoms with Gasteiger partial charge in [0.1, 0.15) is 0 Å². The van der Waals surface area contributed by atoms with Crippen molar-refractivity contribution in [2.75, 3.05) is 40.5 Å². The molecule has 1 N–H and O–H groups in total. The molecule has 0 bridgehead atoms. The number of halogens is 4. The molecule has 168 valence electrons. The van der Waals surface area contributed by atoms with E-state index in [2.05, 4.69) is 4.90 Å². The minimum Gasteiger partial charge on any atom is -0.494 e. The lowest BCUT2D eigenvalue weighted by Gasteiger charge is -2.43. The Morgan fingerprint density at radius 2 is 1.87 bits per heavy atom. The number of hydrogen-bond donors (Lipinski definition) is 1. The van der Waals surface area contributed by atoms with Crippen LogP contribution < -0.4 is 4.74 Å². The van der Waals surface area contributed by atoms with Crippen molar-refractivity contribution in [3.8, 4) is 5.75 Å². The standard InChI is InChI=1S/C17H23FN2O3.C2HF3O2/c1-22-6-5-17(21)20-10-13-9-19(15(13)11-20)8-12-3-4-16(23-2)14(18)7-12;3-2(4,5)1(6)7/h3-4,7,13,15H,5-6,8-11H2,1-2H3;(H,6,7). The van der Waals surface area contributed by atoms with Crippen LogP contribution in [0.1, 0.15) is 12.0 Å². The number of amides is 1. The predicted octanol–water partition coefficient (Wildman–Crippen LogP) is 2.15. The van der Waals surface area contributed by atoms with E-state index in [1.165, 1.54) is 13.2 Å². The number of alkyl halides is 3. The number of carboxylic acids is 1. The van der Waals surface area contributed by atoms with Gasteiger partial charge in [0.2, 0.25) is 5.91 Å². The Balaban J connectivity index is 0.000000396. The van der Waals surface area contributed by atoms with Crippen LogP contribution in [-0.2, 0) is 20.9 Å². The van der Waals surface area contributed by atoms with Crippen LogP contribution in [0, 0.1) is 11.7 Å². The third-order valence-corrected chi connectivity index (χ3v) is 5.06. The smallest absolute Gasteiger partial charge is 0.490 e. The molecule has 2 aliphatic rings. The SMILES string of the molecule is COCCC(=O)N1CC2CN(Cc3ccc(OC)c(F)c3)C2C1.O=C(O)C(F)(F)F. The van der Waals surface area contributed by atoms with Crippen molar-refractivity contribution in [1.29, 1.82) is 0 Å². The number of carbonyl (C=O) groups excluding carboxylic acids is 1. The number of carboxylic acid groups (broad SMARTS) is 1. The molecule has 2 atom stereocenters. The van der Waals surface area contributed by atoms with Gasteiger partial charge in [-0.3, -0.25) is 9.69 Å². The number of hydrogen-bond acceptors (Lipinski definition) is 5. The van der Waals surface area contributed by atoms with Crippen LogP contribution in [0.3, 0.4) is 0 Å². The van der Waals surface area contributed by atoms with Gasteiger partial charge < -0.3 is 19.5 Å². The van der Waals surface area contributed by atoms with Gasteiger partial charge in [-0.05, 0) is 17.7 Å². The van der Waals surface area contributed by atoms with Crippen molar-refractivity contribution in [2.24, 2.45) is 5.92 Å². The summed E-state index contributed by atoms with van der Waals surface area (Å²) in [7, 11) is 3.07. The molecule has 1 amide bonds. The molecule has 0 radical (unpaired) electrons. The lowest BCUT2D eigenvalue weighted by Crippen LogP contribution is -2.54. The zero-order valence-electron chi connectivity index (χ0n) is 16.6. The summed E-state index contributed by atoms with van der Waals surface area (Å²) in [5.74, 6) is -2.11. The first-order valence-electron chi connectivity index (χ1n) is 9.20. The Morgan fingerprint density at radius 1 is 1.20 bits per heavy atom. The zero-order valence-corrected chi connectivity index (χ0v) is 16.6. The molecule has 0 aromatic heterocycles. The fraction of sp³-hybridized carbons (Fsp3) is 0.579. The monoisotopic (exact) mass is 436 g/mol. The molecule has 2 fully saturated rings. The van der Waals surface area contributed by atoms with Gasteiger partial charge in [-0.25, -0.2) is 9.18 Å². The molecule has 2 heterocycles. The second-order valence-corrected chi connectivity index (χ2v) is 7.07. The van der Waals surface area contributed by atoms with Crippen LogP contribution in [-0.4, -0.2) is 79.5 Å². The number of nitrogens with zero attached hydrogens (tertiary/aromatic N) is 2. The van der Waals surface area contributed by atoms with Crippen molar-refractivity contribution in [3.05, 3.63) is 29.6 Å². The number of rotatable bonds is 6. The second kappa shape index (κ2) is 10.1. The highest BCUT2D eigenvalue weighted by atomic mass is 19.4. The van der Waals surface area contributed by atoms with Gasteiger partial charge in [-0.1, -0.05) is 6.07 Å². The van der Waals surface area contributed by atoms with E-state index in [1.54, 1.807) is 13.2 Å².